The van der Waals surface area contributed by atoms with Gasteiger partial charge in [0.1, 0.15) is 6.54 Å². The molecule has 4 heteroatoms. The second-order valence-electron chi connectivity index (χ2n) is 3.27. The Morgan fingerprint density at radius 1 is 1.31 bits per heavy atom. The summed E-state index contributed by atoms with van der Waals surface area (Å²) < 4.78 is 4.89. The SMILES string of the molecule is O=[C]NCC(=O)OCCCc1ccccc1. The number of hydrogen-bond donors (Lipinski definition) is 1. The maximum atomic E-state index is 10.9. The summed E-state index contributed by atoms with van der Waals surface area (Å²) in [7, 11) is 0. The second-order valence-corrected chi connectivity index (χ2v) is 3.27. The van der Waals surface area contributed by atoms with Gasteiger partial charge in [-0.2, -0.15) is 0 Å². The van der Waals surface area contributed by atoms with E-state index < -0.39 is 5.97 Å². The molecule has 0 saturated carbocycles. The molecule has 1 N–H and O–H groups in total. The Morgan fingerprint density at radius 3 is 2.75 bits per heavy atom. The van der Waals surface area contributed by atoms with Gasteiger partial charge < -0.3 is 10.1 Å². The van der Waals surface area contributed by atoms with E-state index in [4.69, 9.17) is 4.74 Å². The van der Waals surface area contributed by atoms with E-state index in [1.165, 1.54) is 12.0 Å². The molecule has 85 valence electrons. The standard InChI is InChI=1S/C12H14NO3/c14-10-13-9-12(15)16-8-4-7-11-5-2-1-3-6-11/h1-3,5-6H,4,7-9H2,(H,13,14). The van der Waals surface area contributed by atoms with Crippen LogP contribution in [0.5, 0.6) is 0 Å². The molecule has 0 saturated heterocycles. The Balaban J connectivity index is 2.08. The monoisotopic (exact) mass is 220 g/mol. The van der Waals surface area contributed by atoms with Gasteiger partial charge in [0.15, 0.2) is 0 Å². The van der Waals surface area contributed by atoms with E-state index in [-0.39, 0.29) is 6.54 Å². The number of esters is 1. The van der Waals surface area contributed by atoms with E-state index >= 15 is 0 Å². The Bertz CT molecular complexity index is 324. The largest absolute Gasteiger partial charge is 0.464 e. The van der Waals surface area contributed by atoms with Crippen LogP contribution < -0.4 is 5.32 Å². The highest BCUT2D eigenvalue weighted by Gasteiger charge is 2.00. The smallest absolute Gasteiger partial charge is 0.325 e. The number of ether oxygens (including phenoxy) is 1. The van der Waals surface area contributed by atoms with Crippen molar-refractivity contribution in [3.63, 3.8) is 0 Å². The fourth-order valence-corrected chi connectivity index (χ4v) is 1.27. The summed E-state index contributed by atoms with van der Waals surface area (Å²) in [5.41, 5.74) is 1.22. The molecule has 1 aromatic carbocycles. The molecule has 0 heterocycles. The highest BCUT2D eigenvalue weighted by Crippen LogP contribution is 2.02. The third kappa shape index (κ3) is 5.14. The summed E-state index contributed by atoms with van der Waals surface area (Å²) >= 11 is 0. The molecule has 4 nitrogen and oxygen atoms in total. The number of aryl methyl sites for hydroxylation is 1. The summed E-state index contributed by atoms with van der Waals surface area (Å²) in [6.07, 6.45) is 3.07. The summed E-state index contributed by atoms with van der Waals surface area (Å²) in [5.74, 6) is -0.434. The number of amides is 1. The average Bonchev–Trinajstić information content (AvgIpc) is 2.33. The molecule has 0 unspecified atom stereocenters. The molecule has 1 rings (SSSR count). The minimum absolute atomic E-state index is 0.116. The molecule has 0 bridgehead atoms. The first kappa shape index (κ1) is 12.2. The molecule has 1 radical (unpaired) electrons. The van der Waals surface area contributed by atoms with E-state index in [9.17, 15) is 9.59 Å². The van der Waals surface area contributed by atoms with E-state index in [0.717, 1.165) is 12.8 Å². The summed E-state index contributed by atoms with van der Waals surface area (Å²) in [6, 6.07) is 9.98. The van der Waals surface area contributed by atoms with Crippen molar-refractivity contribution in [1.82, 2.24) is 5.32 Å². The van der Waals surface area contributed by atoms with E-state index in [0.29, 0.717) is 6.61 Å². The van der Waals surface area contributed by atoms with Crippen molar-refractivity contribution in [2.75, 3.05) is 13.2 Å². The molecule has 0 atom stereocenters. The first-order valence-corrected chi connectivity index (χ1v) is 5.12. The van der Waals surface area contributed by atoms with Crippen molar-refractivity contribution in [2.24, 2.45) is 0 Å². The van der Waals surface area contributed by atoms with Crippen LogP contribution in [-0.2, 0) is 20.7 Å². The molecular weight excluding hydrogens is 206 g/mol. The molecule has 16 heavy (non-hydrogen) atoms. The average molecular weight is 220 g/mol. The summed E-state index contributed by atoms with van der Waals surface area (Å²) in [6.45, 7) is 0.253. The van der Waals surface area contributed by atoms with Gasteiger partial charge in [-0.3, -0.25) is 9.59 Å². The zero-order valence-corrected chi connectivity index (χ0v) is 8.94. The van der Waals surface area contributed by atoms with Gasteiger partial charge in [-0.1, -0.05) is 30.3 Å². The topological polar surface area (TPSA) is 55.4 Å². The molecule has 0 aliphatic heterocycles. The zero-order chi connectivity index (χ0) is 11.6. The Hall–Kier alpha value is -1.84. The molecular formula is C12H14NO3. The molecule has 0 aliphatic rings. The number of hydrogen-bond acceptors (Lipinski definition) is 3. The molecule has 1 aromatic rings. The third-order valence-corrected chi connectivity index (χ3v) is 2.02. The van der Waals surface area contributed by atoms with Crippen molar-refractivity contribution >= 4 is 12.4 Å². The van der Waals surface area contributed by atoms with Gasteiger partial charge in [-0.15, -0.1) is 0 Å². The zero-order valence-electron chi connectivity index (χ0n) is 8.94. The van der Waals surface area contributed by atoms with E-state index in [1.54, 1.807) is 0 Å². The first-order valence-electron chi connectivity index (χ1n) is 5.12. The number of rotatable bonds is 7. The van der Waals surface area contributed by atoms with Crippen LogP contribution in [0.1, 0.15) is 12.0 Å². The van der Waals surface area contributed by atoms with Crippen molar-refractivity contribution in [3.05, 3.63) is 35.9 Å². The number of benzene rings is 1. The van der Waals surface area contributed by atoms with Crippen LogP contribution in [0.15, 0.2) is 30.3 Å². The van der Waals surface area contributed by atoms with E-state index in [2.05, 4.69) is 5.32 Å². The van der Waals surface area contributed by atoms with Gasteiger partial charge in [0.25, 0.3) is 0 Å². The number of carbonyl (C=O) groups excluding carboxylic acids is 2. The predicted octanol–water partition coefficient (Wildman–Crippen LogP) is 0.819. The third-order valence-electron chi connectivity index (χ3n) is 2.02. The Kier molecular flexibility index (Phi) is 5.70. The van der Waals surface area contributed by atoms with Gasteiger partial charge in [0.05, 0.1) is 6.61 Å². The first-order chi connectivity index (χ1) is 7.83. The van der Waals surface area contributed by atoms with Crippen molar-refractivity contribution in [3.8, 4) is 0 Å². The fraction of sp³-hybridized carbons (Fsp3) is 0.333. The number of carbonyl (C=O) groups is 1. The highest BCUT2D eigenvalue weighted by molar-refractivity contribution is 5.74. The van der Waals surface area contributed by atoms with Crippen LogP contribution in [0.4, 0.5) is 0 Å². The molecule has 1 amide bonds. The van der Waals surface area contributed by atoms with Crippen LogP contribution in [0.25, 0.3) is 0 Å². The van der Waals surface area contributed by atoms with Gasteiger partial charge in [0.2, 0.25) is 0 Å². The van der Waals surface area contributed by atoms with Gasteiger partial charge >= 0.3 is 12.4 Å². The second kappa shape index (κ2) is 7.45. The highest BCUT2D eigenvalue weighted by atomic mass is 16.5. The fourth-order valence-electron chi connectivity index (χ4n) is 1.27. The van der Waals surface area contributed by atoms with Crippen molar-refractivity contribution in [1.29, 1.82) is 0 Å². The van der Waals surface area contributed by atoms with Crippen LogP contribution in [0.2, 0.25) is 0 Å². The lowest BCUT2D eigenvalue weighted by molar-refractivity contribution is -0.142. The Morgan fingerprint density at radius 2 is 2.06 bits per heavy atom. The van der Waals surface area contributed by atoms with Crippen molar-refractivity contribution < 1.29 is 14.3 Å². The lowest BCUT2D eigenvalue weighted by atomic mass is 10.1. The lowest BCUT2D eigenvalue weighted by Crippen LogP contribution is -2.23. The number of nitrogens with one attached hydrogen (secondary N) is 1. The summed E-state index contributed by atoms with van der Waals surface area (Å²) in [5, 5.41) is 2.13. The van der Waals surface area contributed by atoms with Crippen LogP contribution in [0.3, 0.4) is 0 Å². The van der Waals surface area contributed by atoms with Gasteiger partial charge in [0, 0.05) is 0 Å². The Labute approximate surface area is 94.6 Å². The predicted molar refractivity (Wildman–Crippen MR) is 59.4 cm³/mol. The molecule has 0 fully saturated rings. The lowest BCUT2D eigenvalue weighted by Gasteiger charge is -2.04. The van der Waals surface area contributed by atoms with Gasteiger partial charge in [-0.25, -0.2) is 0 Å². The quantitative estimate of drug-likeness (QED) is 0.420. The minimum Gasteiger partial charge on any atom is -0.464 e. The van der Waals surface area contributed by atoms with E-state index in [1.807, 2.05) is 30.3 Å². The van der Waals surface area contributed by atoms with Crippen LogP contribution >= 0.6 is 0 Å². The van der Waals surface area contributed by atoms with Gasteiger partial charge in [-0.05, 0) is 18.4 Å². The molecule has 0 aromatic heterocycles. The normalized spacial score (nSPS) is 9.50. The van der Waals surface area contributed by atoms with Crippen molar-refractivity contribution in [2.45, 2.75) is 12.8 Å². The maximum absolute atomic E-state index is 10.9. The maximum Gasteiger partial charge on any atom is 0.325 e. The summed E-state index contributed by atoms with van der Waals surface area (Å²) in [4.78, 5) is 20.7. The van der Waals surface area contributed by atoms with Crippen LogP contribution in [-0.4, -0.2) is 25.5 Å². The van der Waals surface area contributed by atoms with Crippen LogP contribution in [0, 0.1) is 0 Å². The molecule has 0 aliphatic carbocycles. The molecule has 0 spiro atoms. The minimum atomic E-state index is -0.434.